The first-order chi connectivity index (χ1) is 10.9. The summed E-state index contributed by atoms with van der Waals surface area (Å²) in [5.41, 5.74) is 9.10. The van der Waals surface area contributed by atoms with Crippen LogP contribution in [-0.2, 0) is 6.42 Å². The van der Waals surface area contributed by atoms with Crippen LogP contribution in [0.5, 0.6) is 0 Å². The molecular formula is C22H22. The third kappa shape index (κ3) is 2.14. The minimum Gasteiger partial charge on any atom is -0.0804 e. The Kier molecular flexibility index (Phi) is 3.46. The van der Waals surface area contributed by atoms with Crippen molar-refractivity contribution in [2.45, 2.75) is 38.5 Å². The predicted molar refractivity (Wildman–Crippen MR) is 94.2 cm³/mol. The molecule has 0 saturated heterocycles. The molecule has 0 amide bonds. The molecule has 0 aromatic heterocycles. The summed E-state index contributed by atoms with van der Waals surface area (Å²) in [5.74, 6) is 0.587. The average Bonchev–Trinajstić information content (AvgIpc) is 3.20. The van der Waals surface area contributed by atoms with Crippen molar-refractivity contribution in [2.75, 3.05) is 0 Å². The minimum atomic E-state index is 0.587. The zero-order chi connectivity index (χ0) is 14.9. The summed E-state index contributed by atoms with van der Waals surface area (Å²) in [4.78, 5) is 0. The fourth-order valence-corrected chi connectivity index (χ4v) is 4.06. The predicted octanol–water partition coefficient (Wildman–Crippen LogP) is 6.03. The van der Waals surface area contributed by atoms with E-state index in [1.165, 1.54) is 29.5 Å². The third-order valence-corrected chi connectivity index (χ3v) is 5.09. The Morgan fingerprint density at radius 1 is 1.00 bits per heavy atom. The number of hydrogen-bond acceptors (Lipinski definition) is 0. The lowest BCUT2D eigenvalue weighted by Crippen LogP contribution is -2.05. The first-order valence-electron chi connectivity index (χ1n) is 8.44. The van der Waals surface area contributed by atoms with Crippen molar-refractivity contribution in [2.24, 2.45) is 0 Å². The van der Waals surface area contributed by atoms with Gasteiger partial charge in [-0.05, 0) is 47.1 Å². The number of benzene rings is 2. The molecule has 2 aliphatic carbocycles. The summed E-state index contributed by atoms with van der Waals surface area (Å²) in [6.45, 7) is 2.30. The van der Waals surface area contributed by atoms with Crippen LogP contribution in [0.15, 0.2) is 66.3 Å². The van der Waals surface area contributed by atoms with Gasteiger partial charge in [0.15, 0.2) is 0 Å². The molecule has 0 aliphatic heterocycles. The maximum absolute atomic E-state index is 2.37. The normalized spacial score (nSPS) is 16.3. The van der Waals surface area contributed by atoms with E-state index in [4.69, 9.17) is 0 Å². The van der Waals surface area contributed by atoms with Gasteiger partial charge in [0.25, 0.3) is 0 Å². The zero-order valence-corrected chi connectivity index (χ0v) is 13.2. The maximum atomic E-state index is 2.37. The number of fused-ring (bicyclic) bond motifs is 3. The van der Waals surface area contributed by atoms with E-state index < -0.39 is 0 Å². The summed E-state index contributed by atoms with van der Waals surface area (Å²) in [6, 6.07) is 15.8. The van der Waals surface area contributed by atoms with Gasteiger partial charge in [0.1, 0.15) is 0 Å². The van der Waals surface area contributed by atoms with Gasteiger partial charge in [0, 0.05) is 5.92 Å². The summed E-state index contributed by atoms with van der Waals surface area (Å²) >= 11 is 0. The largest absolute Gasteiger partial charge is 0.0804 e. The molecule has 110 valence electrons. The molecular weight excluding hydrogens is 264 g/mol. The zero-order valence-electron chi connectivity index (χ0n) is 13.2. The van der Waals surface area contributed by atoms with E-state index in [-0.39, 0.29) is 0 Å². The summed E-state index contributed by atoms with van der Waals surface area (Å²) in [5, 5.41) is 0. The molecule has 0 radical (unpaired) electrons. The molecule has 0 N–H and O–H groups in total. The van der Waals surface area contributed by atoms with Gasteiger partial charge < -0.3 is 0 Å². The van der Waals surface area contributed by atoms with E-state index in [2.05, 4.69) is 67.6 Å². The summed E-state index contributed by atoms with van der Waals surface area (Å²) in [7, 11) is 0. The molecule has 0 bridgehead atoms. The Morgan fingerprint density at radius 2 is 1.86 bits per heavy atom. The minimum absolute atomic E-state index is 0.587. The van der Waals surface area contributed by atoms with Crippen LogP contribution in [0.3, 0.4) is 0 Å². The molecule has 2 aromatic carbocycles. The van der Waals surface area contributed by atoms with E-state index in [0.29, 0.717) is 5.92 Å². The molecule has 2 aliphatic rings. The van der Waals surface area contributed by atoms with Crippen LogP contribution >= 0.6 is 0 Å². The second-order valence-corrected chi connectivity index (χ2v) is 6.42. The van der Waals surface area contributed by atoms with E-state index in [0.717, 1.165) is 12.8 Å². The molecule has 2 aromatic rings. The van der Waals surface area contributed by atoms with Crippen LogP contribution in [0.4, 0.5) is 0 Å². The first kappa shape index (κ1) is 13.6. The quantitative estimate of drug-likeness (QED) is 0.549. The van der Waals surface area contributed by atoms with Crippen molar-refractivity contribution in [3.8, 4) is 11.1 Å². The fourth-order valence-electron chi connectivity index (χ4n) is 4.06. The van der Waals surface area contributed by atoms with E-state index >= 15 is 0 Å². The SMILES string of the molecule is CCCC(C1=CC=CC1)c1cccc2c1Cc1ccccc1-2. The second-order valence-electron chi connectivity index (χ2n) is 6.42. The highest BCUT2D eigenvalue weighted by molar-refractivity contribution is 5.78. The topological polar surface area (TPSA) is 0 Å². The molecule has 0 spiro atoms. The Bertz CT molecular complexity index is 761. The molecule has 0 fully saturated rings. The molecule has 0 nitrogen and oxygen atoms in total. The van der Waals surface area contributed by atoms with Gasteiger partial charge in [-0.15, -0.1) is 0 Å². The Morgan fingerprint density at radius 3 is 2.68 bits per heavy atom. The van der Waals surface area contributed by atoms with Crippen molar-refractivity contribution < 1.29 is 0 Å². The van der Waals surface area contributed by atoms with Gasteiger partial charge in [-0.25, -0.2) is 0 Å². The number of rotatable bonds is 4. The standard InChI is InChI=1S/C22H22/c1-2-8-18(16-9-3-4-10-16)20-13-7-14-21-19-12-6-5-11-17(19)15-22(20)21/h3-7,9,11-14,18H,2,8,10,15H2,1H3. The van der Waals surface area contributed by atoms with Gasteiger partial charge in [-0.1, -0.05) is 79.6 Å². The van der Waals surface area contributed by atoms with Crippen molar-refractivity contribution in [3.63, 3.8) is 0 Å². The van der Waals surface area contributed by atoms with Crippen molar-refractivity contribution >= 4 is 0 Å². The van der Waals surface area contributed by atoms with E-state index in [1.807, 2.05) is 0 Å². The number of allylic oxidation sites excluding steroid dienone is 4. The molecule has 1 unspecified atom stereocenters. The number of hydrogen-bond donors (Lipinski definition) is 0. The summed E-state index contributed by atoms with van der Waals surface area (Å²) in [6.07, 6.45) is 11.6. The Labute approximate surface area is 133 Å². The average molecular weight is 286 g/mol. The lowest BCUT2D eigenvalue weighted by molar-refractivity contribution is 0.674. The lowest BCUT2D eigenvalue weighted by Gasteiger charge is -2.21. The van der Waals surface area contributed by atoms with Crippen LogP contribution in [-0.4, -0.2) is 0 Å². The van der Waals surface area contributed by atoms with Crippen LogP contribution in [0.2, 0.25) is 0 Å². The molecule has 22 heavy (non-hydrogen) atoms. The summed E-state index contributed by atoms with van der Waals surface area (Å²) < 4.78 is 0. The lowest BCUT2D eigenvalue weighted by atomic mass is 9.83. The smallest absolute Gasteiger partial charge is 0.00573 e. The Balaban J connectivity index is 1.80. The van der Waals surface area contributed by atoms with Gasteiger partial charge in [0.2, 0.25) is 0 Å². The second kappa shape index (κ2) is 5.61. The van der Waals surface area contributed by atoms with Crippen molar-refractivity contribution in [3.05, 3.63) is 83.0 Å². The van der Waals surface area contributed by atoms with Crippen LogP contribution in [0, 0.1) is 0 Å². The van der Waals surface area contributed by atoms with Crippen molar-refractivity contribution in [1.29, 1.82) is 0 Å². The van der Waals surface area contributed by atoms with Crippen molar-refractivity contribution in [1.82, 2.24) is 0 Å². The van der Waals surface area contributed by atoms with E-state index in [9.17, 15) is 0 Å². The fraction of sp³-hybridized carbons (Fsp3) is 0.273. The molecule has 0 heteroatoms. The monoisotopic (exact) mass is 286 g/mol. The van der Waals surface area contributed by atoms with Crippen LogP contribution in [0.1, 0.15) is 48.8 Å². The molecule has 0 heterocycles. The van der Waals surface area contributed by atoms with Gasteiger partial charge in [-0.2, -0.15) is 0 Å². The van der Waals surface area contributed by atoms with Gasteiger partial charge >= 0.3 is 0 Å². The highest BCUT2D eigenvalue weighted by Gasteiger charge is 2.25. The highest BCUT2D eigenvalue weighted by atomic mass is 14.3. The molecule has 4 rings (SSSR count). The van der Waals surface area contributed by atoms with Gasteiger partial charge in [-0.3, -0.25) is 0 Å². The van der Waals surface area contributed by atoms with Crippen LogP contribution < -0.4 is 0 Å². The molecule has 1 atom stereocenters. The first-order valence-corrected chi connectivity index (χ1v) is 8.44. The molecule has 0 saturated carbocycles. The van der Waals surface area contributed by atoms with Gasteiger partial charge in [0.05, 0.1) is 0 Å². The van der Waals surface area contributed by atoms with E-state index in [1.54, 1.807) is 16.7 Å². The maximum Gasteiger partial charge on any atom is 0.00573 e. The van der Waals surface area contributed by atoms with Crippen LogP contribution in [0.25, 0.3) is 11.1 Å². The highest BCUT2D eigenvalue weighted by Crippen LogP contribution is 2.43. The Hall–Kier alpha value is -2.08. The third-order valence-electron chi connectivity index (χ3n) is 5.09.